The Morgan fingerprint density at radius 3 is 2.85 bits per heavy atom. The molecule has 108 valence electrons. The maximum absolute atomic E-state index is 11.5. The number of nitrogens with zero attached hydrogens (tertiary/aromatic N) is 2. The molecule has 0 aliphatic carbocycles. The number of hydrogen-bond acceptors (Lipinski definition) is 4. The minimum Gasteiger partial charge on any atom is -0.313 e. The summed E-state index contributed by atoms with van der Waals surface area (Å²) in [4.78, 5) is 12.7. The van der Waals surface area contributed by atoms with Crippen LogP contribution >= 0.6 is 11.8 Å². The predicted octanol–water partition coefficient (Wildman–Crippen LogP) is 2.16. The standard InChI is InChI=1S/C14H20N4OS/c1-4-15-9-11-6-7-12(10(3)8-11)20-14-17-16-13(19)18(14)5-2/h6-8,15H,4-5,9H2,1-3H3,(H,16,19). The van der Waals surface area contributed by atoms with Crippen LogP contribution in [0.3, 0.4) is 0 Å². The van der Waals surface area contributed by atoms with Crippen molar-refractivity contribution in [3.63, 3.8) is 0 Å². The highest BCUT2D eigenvalue weighted by atomic mass is 32.2. The van der Waals surface area contributed by atoms with Crippen molar-refractivity contribution in [2.75, 3.05) is 6.54 Å². The van der Waals surface area contributed by atoms with Crippen molar-refractivity contribution in [1.29, 1.82) is 0 Å². The molecule has 1 aromatic carbocycles. The van der Waals surface area contributed by atoms with Gasteiger partial charge in [-0.25, -0.2) is 9.89 Å². The maximum Gasteiger partial charge on any atom is 0.343 e. The van der Waals surface area contributed by atoms with Crippen molar-refractivity contribution >= 4 is 11.8 Å². The van der Waals surface area contributed by atoms with Gasteiger partial charge in [-0.3, -0.25) is 4.57 Å². The lowest BCUT2D eigenvalue weighted by atomic mass is 10.1. The maximum atomic E-state index is 11.5. The molecule has 0 unspecified atom stereocenters. The summed E-state index contributed by atoms with van der Waals surface area (Å²) in [7, 11) is 0. The van der Waals surface area contributed by atoms with Crippen LogP contribution in [-0.4, -0.2) is 21.3 Å². The fourth-order valence-corrected chi connectivity index (χ4v) is 2.93. The Kier molecular flexibility index (Phi) is 5.03. The number of H-pyrrole nitrogens is 1. The Morgan fingerprint density at radius 1 is 1.40 bits per heavy atom. The zero-order valence-corrected chi connectivity index (χ0v) is 12.9. The van der Waals surface area contributed by atoms with Crippen LogP contribution < -0.4 is 11.0 Å². The number of aromatic amines is 1. The Bertz CT molecular complexity index is 632. The van der Waals surface area contributed by atoms with Gasteiger partial charge < -0.3 is 5.32 Å². The van der Waals surface area contributed by atoms with Gasteiger partial charge in [0.25, 0.3) is 0 Å². The Balaban J connectivity index is 2.19. The second-order valence-electron chi connectivity index (χ2n) is 4.54. The quantitative estimate of drug-likeness (QED) is 0.856. The molecule has 0 atom stereocenters. The molecule has 0 saturated carbocycles. The smallest absolute Gasteiger partial charge is 0.313 e. The number of benzene rings is 1. The highest BCUT2D eigenvalue weighted by molar-refractivity contribution is 7.99. The molecule has 6 heteroatoms. The summed E-state index contributed by atoms with van der Waals surface area (Å²) < 4.78 is 1.64. The van der Waals surface area contributed by atoms with Gasteiger partial charge >= 0.3 is 5.69 Å². The van der Waals surface area contributed by atoms with Crippen molar-refractivity contribution in [2.24, 2.45) is 0 Å². The number of aryl methyl sites for hydroxylation is 1. The van der Waals surface area contributed by atoms with Gasteiger partial charge in [0.2, 0.25) is 0 Å². The van der Waals surface area contributed by atoms with E-state index in [0.29, 0.717) is 11.7 Å². The van der Waals surface area contributed by atoms with Gasteiger partial charge in [0, 0.05) is 18.0 Å². The molecular formula is C14H20N4OS. The van der Waals surface area contributed by atoms with Crippen LogP contribution in [0.2, 0.25) is 0 Å². The first-order valence-electron chi connectivity index (χ1n) is 6.79. The van der Waals surface area contributed by atoms with E-state index >= 15 is 0 Å². The molecular weight excluding hydrogens is 272 g/mol. The number of aromatic nitrogens is 3. The first kappa shape index (κ1) is 14.9. The van der Waals surface area contributed by atoms with Crippen LogP contribution in [0, 0.1) is 6.92 Å². The van der Waals surface area contributed by atoms with Crippen LogP contribution in [0.1, 0.15) is 25.0 Å². The summed E-state index contributed by atoms with van der Waals surface area (Å²) >= 11 is 1.52. The van der Waals surface area contributed by atoms with Crippen molar-refractivity contribution < 1.29 is 0 Å². The first-order valence-corrected chi connectivity index (χ1v) is 7.60. The average molecular weight is 292 g/mol. The number of nitrogens with one attached hydrogen (secondary N) is 2. The third-order valence-electron chi connectivity index (χ3n) is 3.06. The zero-order chi connectivity index (χ0) is 14.5. The molecule has 2 rings (SSSR count). The highest BCUT2D eigenvalue weighted by Crippen LogP contribution is 2.28. The predicted molar refractivity (Wildman–Crippen MR) is 81.2 cm³/mol. The summed E-state index contributed by atoms with van der Waals surface area (Å²) in [6.07, 6.45) is 0. The van der Waals surface area contributed by atoms with E-state index in [4.69, 9.17) is 0 Å². The fraction of sp³-hybridized carbons (Fsp3) is 0.429. The van der Waals surface area contributed by atoms with Gasteiger partial charge in [-0.1, -0.05) is 19.1 Å². The Morgan fingerprint density at radius 2 is 2.20 bits per heavy atom. The minimum atomic E-state index is -0.156. The number of rotatable bonds is 6. The average Bonchev–Trinajstić information content (AvgIpc) is 2.79. The van der Waals surface area contributed by atoms with Crippen molar-refractivity contribution in [1.82, 2.24) is 20.1 Å². The fourth-order valence-electron chi connectivity index (χ4n) is 1.96. The van der Waals surface area contributed by atoms with E-state index in [-0.39, 0.29) is 5.69 Å². The SMILES string of the molecule is CCNCc1ccc(Sc2n[nH]c(=O)n2CC)c(C)c1. The van der Waals surface area contributed by atoms with Crippen molar-refractivity contribution in [2.45, 2.75) is 43.9 Å². The summed E-state index contributed by atoms with van der Waals surface area (Å²) in [5.74, 6) is 0. The van der Waals surface area contributed by atoms with E-state index in [1.807, 2.05) is 6.92 Å². The van der Waals surface area contributed by atoms with E-state index in [1.165, 1.54) is 22.9 Å². The van der Waals surface area contributed by atoms with Crippen molar-refractivity contribution in [3.8, 4) is 0 Å². The molecule has 1 aromatic heterocycles. The second-order valence-corrected chi connectivity index (χ2v) is 5.55. The zero-order valence-electron chi connectivity index (χ0n) is 12.1. The van der Waals surface area contributed by atoms with E-state index < -0.39 is 0 Å². The Hall–Kier alpha value is -1.53. The third-order valence-corrected chi connectivity index (χ3v) is 4.23. The molecule has 5 nitrogen and oxygen atoms in total. The molecule has 0 aliphatic rings. The summed E-state index contributed by atoms with van der Waals surface area (Å²) in [5, 5.41) is 10.6. The first-order chi connectivity index (χ1) is 9.65. The largest absolute Gasteiger partial charge is 0.343 e. The van der Waals surface area contributed by atoms with E-state index in [9.17, 15) is 4.79 Å². The van der Waals surface area contributed by atoms with Crippen molar-refractivity contribution in [3.05, 3.63) is 39.8 Å². The lowest BCUT2D eigenvalue weighted by Gasteiger charge is -2.08. The van der Waals surface area contributed by atoms with E-state index in [2.05, 4.69) is 47.6 Å². The lowest BCUT2D eigenvalue weighted by molar-refractivity contribution is 0.660. The molecule has 0 fully saturated rings. The van der Waals surface area contributed by atoms with Gasteiger partial charge in [-0.15, -0.1) is 5.10 Å². The number of hydrogen-bond donors (Lipinski definition) is 2. The van der Waals surface area contributed by atoms with Gasteiger partial charge in [-0.2, -0.15) is 0 Å². The van der Waals surface area contributed by atoms with E-state index in [1.54, 1.807) is 4.57 Å². The van der Waals surface area contributed by atoms with Gasteiger partial charge in [0.1, 0.15) is 0 Å². The molecule has 0 aliphatic heterocycles. The molecule has 0 spiro atoms. The molecule has 2 N–H and O–H groups in total. The summed E-state index contributed by atoms with van der Waals surface area (Å²) in [6, 6.07) is 6.37. The van der Waals surface area contributed by atoms with E-state index in [0.717, 1.165) is 18.0 Å². The molecule has 0 saturated heterocycles. The summed E-state index contributed by atoms with van der Waals surface area (Å²) in [6.45, 7) is 8.58. The molecule has 0 amide bonds. The molecule has 0 radical (unpaired) electrons. The summed E-state index contributed by atoms with van der Waals surface area (Å²) in [5.41, 5.74) is 2.31. The van der Waals surface area contributed by atoms with Crippen LogP contribution in [-0.2, 0) is 13.1 Å². The second kappa shape index (κ2) is 6.76. The van der Waals surface area contributed by atoms with Gasteiger partial charge in [0.05, 0.1) is 0 Å². The van der Waals surface area contributed by atoms with Crippen LogP contribution in [0.25, 0.3) is 0 Å². The van der Waals surface area contributed by atoms with Crippen LogP contribution in [0.5, 0.6) is 0 Å². The monoisotopic (exact) mass is 292 g/mol. The van der Waals surface area contributed by atoms with Gasteiger partial charge in [-0.05, 0) is 49.3 Å². The third kappa shape index (κ3) is 3.32. The molecule has 0 bridgehead atoms. The molecule has 20 heavy (non-hydrogen) atoms. The molecule has 1 heterocycles. The van der Waals surface area contributed by atoms with Gasteiger partial charge in [0.15, 0.2) is 5.16 Å². The molecule has 2 aromatic rings. The Labute approximate surface area is 122 Å². The highest BCUT2D eigenvalue weighted by Gasteiger charge is 2.10. The lowest BCUT2D eigenvalue weighted by Crippen LogP contribution is -2.16. The topological polar surface area (TPSA) is 62.7 Å². The normalized spacial score (nSPS) is 10.9. The minimum absolute atomic E-state index is 0.156. The van der Waals surface area contributed by atoms with Crippen LogP contribution in [0.4, 0.5) is 0 Å². The van der Waals surface area contributed by atoms with Crippen LogP contribution in [0.15, 0.2) is 33.0 Å².